The van der Waals surface area contributed by atoms with Gasteiger partial charge in [-0.25, -0.2) is 0 Å². The van der Waals surface area contributed by atoms with E-state index in [9.17, 15) is 5.11 Å². The van der Waals surface area contributed by atoms with Crippen LogP contribution in [0.2, 0.25) is 0 Å². The van der Waals surface area contributed by atoms with Gasteiger partial charge in [0.25, 0.3) is 0 Å². The van der Waals surface area contributed by atoms with E-state index in [0.717, 1.165) is 0 Å². The Morgan fingerprint density at radius 2 is 2.21 bits per heavy atom. The van der Waals surface area contributed by atoms with Gasteiger partial charge in [0.2, 0.25) is 0 Å². The Kier molecular flexibility index (Phi) is 4.00. The van der Waals surface area contributed by atoms with Gasteiger partial charge in [-0.3, -0.25) is 0 Å². The van der Waals surface area contributed by atoms with Gasteiger partial charge >= 0.3 is 0 Å². The van der Waals surface area contributed by atoms with Crippen molar-refractivity contribution in [2.24, 2.45) is 15.9 Å². The van der Waals surface area contributed by atoms with Crippen LogP contribution in [0, 0.1) is 0 Å². The van der Waals surface area contributed by atoms with Crippen LogP contribution in [0.25, 0.3) is 0 Å². The van der Waals surface area contributed by atoms with Gasteiger partial charge in [0, 0.05) is 5.56 Å². The van der Waals surface area contributed by atoms with Gasteiger partial charge in [-0.2, -0.15) is 5.10 Å². The lowest BCUT2D eigenvalue weighted by atomic mass is 10.2. The molecule has 0 heterocycles. The highest BCUT2D eigenvalue weighted by molar-refractivity contribution is 8.13. The molecule has 0 aliphatic carbocycles. The zero-order valence-corrected chi connectivity index (χ0v) is 8.53. The van der Waals surface area contributed by atoms with Crippen molar-refractivity contribution in [3.8, 4) is 5.75 Å². The summed E-state index contributed by atoms with van der Waals surface area (Å²) in [7, 11) is 0. The van der Waals surface area contributed by atoms with Crippen LogP contribution >= 0.6 is 11.8 Å². The molecule has 0 unspecified atom stereocenters. The van der Waals surface area contributed by atoms with E-state index in [1.165, 1.54) is 18.0 Å². The first-order chi connectivity index (χ1) is 6.74. The quantitative estimate of drug-likeness (QED) is 0.439. The highest BCUT2D eigenvalue weighted by Gasteiger charge is 1.93. The molecule has 0 atom stereocenters. The molecular weight excluding hydrogens is 198 g/mol. The van der Waals surface area contributed by atoms with E-state index in [1.807, 2.05) is 12.3 Å². The standard InChI is InChI=1S/C9H11N3OS/c1-14-9(10)12-11-6-7-4-2-3-5-8(7)13/h2-6,13H,1H3,(H2,10,12)/b11-6+. The first kappa shape index (κ1) is 10.6. The van der Waals surface area contributed by atoms with Crippen LogP contribution in [-0.2, 0) is 0 Å². The summed E-state index contributed by atoms with van der Waals surface area (Å²) in [5.41, 5.74) is 6.03. The first-order valence-electron chi connectivity index (χ1n) is 3.92. The Morgan fingerprint density at radius 1 is 1.50 bits per heavy atom. The van der Waals surface area contributed by atoms with Crippen LogP contribution < -0.4 is 5.73 Å². The van der Waals surface area contributed by atoms with Crippen molar-refractivity contribution < 1.29 is 5.11 Å². The Labute approximate surface area is 86.5 Å². The van der Waals surface area contributed by atoms with Gasteiger partial charge < -0.3 is 10.8 Å². The van der Waals surface area contributed by atoms with Crippen LogP contribution in [0.4, 0.5) is 0 Å². The molecule has 14 heavy (non-hydrogen) atoms. The smallest absolute Gasteiger partial charge is 0.180 e. The topological polar surface area (TPSA) is 71.0 Å². The summed E-state index contributed by atoms with van der Waals surface area (Å²) in [6.07, 6.45) is 3.27. The van der Waals surface area contributed by atoms with Crippen molar-refractivity contribution in [2.75, 3.05) is 6.26 Å². The predicted octanol–water partition coefficient (Wildman–Crippen LogP) is 1.40. The van der Waals surface area contributed by atoms with Gasteiger partial charge in [0.1, 0.15) is 5.75 Å². The number of phenols is 1. The number of phenolic OH excluding ortho intramolecular Hbond substituents is 1. The number of benzene rings is 1. The average Bonchev–Trinajstić information content (AvgIpc) is 2.20. The van der Waals surface area contributed by atoms with Gasteiger partial charge in [-0.15, -0.1) is 5.10 Å². The monoisotopic (exact) mass is 209 g/mol. The Hall–Kier alpha value is -1.49. The average molecular weight is 209 g/mol. The molecule has 1 aromatic rings. The second-order valence-electron chi connectivity index (χ2n) is 2.45. The molecule has 0 aromatic heterocycles. The minimum atomic E-state index is 0.175. The van der Waals surface area contributed by atoms with Crippen molar-refractivity contribution in [1.82, 2.24) is 0 Å². The number of hydrogen-bond acceptors (Lipinski definition) is 4. The van der Waals surface area contributed by atoms with E-state index in [2.05, 4.69) is 10.2 Å². The molecule has 5 heteroatoms. The van der Waals surface area contributed by atoms with E-state index >= 15 is 0 Å². The van der Waals surface area contributed by atoms with E-state index in [0.29, 0.717) is 10.7 Å². The lowest BCUT2D eigenvalue weighted by molar-refractivity contribution is 0.474. The molecule has 1 aromatic carbocycles. The summed E-state index contributed by atoms with van der Waals surface area (Å²) in [5.74, 6) is 0.175. The minimum absolute atomic E-state index is 0.175. The summed E-state index contributed by atoms with van der Waals surface area (Å²) in [6, 6.07) is 6.88. The van der Waals surface area contributed by atoms with Gasteiger partial charge in [-0.05, 0) is 18.4 Å². The molecule has 0 saturated carbocycles. The fraction of sp³-hybridized carbons (Fsp3) is 0.111. The normalized spacial score (nSPS) is 12.2. The number of nitrogens with two attached hydrogens (primary N) is 1. The number of nitrogens with zero attached hydrogens (tertiary/aromatic N) is 2. The number of rotatable bonds is 2. The van der Waals surface area contributed by atoms with E-state index in [4.69, 9.17) is 5.73 Å². The van der Waals surface area contributed by atoms with Gasteiger partial charge in [0.15, 0.2) is 5.17 Å². The van der Waals surface area contributed by atoms with Crippen molar-refractivity contribution in [2.45, 2.75) is 0 Å². The number of amidine groups is 1. The zero-order chi connectivity index (χ0) is 10.4. The maximum atomic E-state index is 9.36. The highest BCUT2D eigenvalue weighted by Crippen LogP contribution is 2.12. The third kappa shape index (κ3) is 3.10. The van der Waals surface area contributed by atoms with Crippen LogP contribution in [0.3, 0.4) is 0 Å². The van der Waals surface area contributed by atoms with Crippen LogP contribution in [0.1, 0.15) is 5.56 Å². The maximum Gasteiger partial charge on any atom is 0.180 e. The summed E-state index contributed by atoms with van der Waals surface area (Å²) >= 11 is 1.32. The molecule has 0 aliphatic rings. The molecule has 1 rings (SSSR count). The number of thioether (sulfide) groups is 1. The molecule has 0 bridgehead atoms. The lowest BCUT2D eigenvalue weighted by Gasteiger charge is -1.94. The number of aromatic hydroxyl groups is 1. The third-order valence-corrected chi connectivity index (χ3v) is 2.00. The SMILES string of the molecule is CS/C(N)=N/N=C/c1ccccc1O. The summed E-state index contributed by atoms with van der Waals surface area (Å²) in [5, 5.41) is 17.2. The molecule has 0 spiro atoms. The molecule has 0 fully saturated rings. The van der Waals surface area contributed by atoms with E-state index in [-0.39, 0.29) is 5.75 Å². The molecule has 74 valence electrons. The van der Waals surface area contributed by atoms with Crippen molar-refractivity contribution in [3.05, 3.63) is 29.8 Å². The summed E-state index contributed by atoms with van der Waals surface area (Å²) in [6.45, 7) is 0. The number of hydrogen-bond donors (Lipinski definition) is 2. The van der Waals surface area contributed by atoms with Crippen LogP contribution in [0.15, 0.2) is 34.5 Å². The maximum absolute atomic E-state index is 9.36. The third-order valence-electron chi connectivity index (χ3n) is 1.50. The van der Waals surface area contributed by atoms with Crippen molar-refractivity contribution in [1.29, 1.82) is 0 Å². The molecule has 0 amide bonds. The largest absolute Gasteiger partial charge is 0.507 e. The zero-order valence-electron chi connectivity index (χ0n) is 7.71. The predicted molar refractivity (Wildman–Crippen MR) is 60.8 cm³/mol. The van der Waals surface area contributed by atoms with Gasteiger partial charge in [0.05, 0.1) is 6.21 Å². The van der Waals surface area contributed by atoms with Gasteiger partial charge in [-0.1, -0.05) is 23.9 Å². The lowest BCUT2D eigenvalue weighted by Crippen LogP contribution is -2.03. The Morgan fingerprint density at radius 3 is 2.86 bits per heavy atom. The van der Waals surface area contributed by atoms with Crippen LogP contribution in [-0.4, -0.2) is 22.7 Å². The second kappa shape index (κ2) is 5.29. The highest BCUT2D eigenvalue weighted by atomic mass is 32.2. The van der Waals surface area contributed by atoms with Crippen molar-refractivity contribution in [3.63, 3.8) is 0 Å². The molecule has 0 saturated heterocycles. The van der Waals surface area contributed by atoms with E-state index < -0.39 is 0 Å². The number of para-hydroxylation sites is 1. The first-order valence-corrected chi connectivity index (χ1v) is 5.15. The molecular formula is C9H11N3OS. The Bertz CT molecular complexity index is 363. The molecule has 0 aliphatic heterocycles. The van der Waals surface area contributed by atoms with Crippen LogP contribution in [0.5, 0.6) is 5.75 Å². The summed E-state index contributed by atoms with van der Waals surface area (Å²) in [4.78, 5) is 0. The Balaban J connectivity index is 2.74. The molecule has 4 nitrogen and oxygen atoms in total. The van der Waals surface area contributed by atoms with E-state index in [1.54, 1.807) is 18.2 Å². The fourth-order valence-corrected chi connectivity index (χ4v) is 0.914. The second-order valence-corrected chi connectivity index (χ2v) is 3.27. The fourth-order valence-electron chi connectivity index (χ4n) is 0.785. The minimum Gasteiger partial charge on any atom is -0.507 e. The molecule has 3 N–H and O–H groups in total. The summed E-state index contributed by atoms with van der Waals surface area (Å²) < 4.78 is 0. The van der Waals surface area contributed by atoms with Crippen molar-refractivity contribution >= 4 is 23.1 Å². The molecule has 0 radical (unpaired) electrons.